The van der Waals surface area contributed by atoms with Crippen LogP contribution in [0.5, 0.6) is 5.75 Å². The van der Waals surface area contributed by atoms with Gasteiger partial charge in [-0.3, -0.25) is 9.59 Å². The van der Waals surface area contributed by atoms with Gasteiger partial charge in [0.15, 0.2) is 5.75 Å². The summed E-state index contributed by atoms with van der Waals surface area (Å²) >= 11 is 0. The second kappa shape index (κ2) is 8.48. The predicted molar refractivity (Wildman–Crippen MR) is 110 cm³/mol. The molecule has 1 aliphatic heterocycles. The number of fused-ring (bicyclic) bond motifs is 1. The Bertz CT molecular complexity index is 1240. The van der Waals surface area contributed by atoms with E-state index in [0.29, 0.717) is 24.3 Å². The number of amides is 1. The molecule has 0 unspecified atom stereocenters. The maximum absolute atomic E-state index is 14.4. The predicted octanol–water partition coefficient (Wildman–Crippen LogP) is 2.92. The van der Waals surface area contributed by atoms with Gasteiger partial charge < -0.3 is 19.9 Å². The molecule has 0 radical (unpaired) electrons. The molecule has 1 fully saturated rings. The standard InChI is InChI=1S/C21H20F3N5O3/c1-10-26-19(25-7-12-4-3-5-14(17(12)22)18(23)24)15-6-16(21(31)28-20(15)27-10)32-13-8-29(9-13)11(2)30/h3-6,13,18H,7-9H2,1-2H3,(H2,25,26,27,28,31). The van der Waals surface area contributed by atoms with Crippen molar-refractivity contribution in [2.24, 2.45) is 0 Å². The molecule has 168 valence electrons. The fourth-order valence-corrected chi connectivity index (χ4v) is 3.43. The molecule has 2 aromatic heterocycles. The quantitative estimate of drug-likeness (QED) is 0.603. The van der Waals surface area contributed by atoms with E-state index in [-0.39, 0.29) is 41.3 Å². The number of alkyl halides is 2. The number of likely N-dealkylation sites (tertiary alicyclic amines) is 1. The van der Waals surface area contributed by atoms with Crippen molar-refractivity contribution in [3.8, 4) is 5.75 Å². The van der Waals surface area contributed by atoms with E-state index in [1.165, 1.54) is 25.1 Å². The topological polar surface area (TPSA) is 100 Å². The third-order valence-electron chi connectivity index (χ3n) is 5.17. The van der Waals surface area contributed by atoms with Crippen LogP contribution in [-0.2, 0) is 11.3 Å². The number of ether oxygens (including phenoxy) is 1. The minimum atomic E-state index is -2.92. The smallest absolute Gasteiger partial charge is 0.291 e. The van der Waals surface area contributed by atoms with Gasteiger partial charge in [0.2, 0.25) is 5.91 Å². The van der Waals surface area contributed by atoms with E-state index in [9.17, 15) is 22.8 Å². The van der Waals surface area contributed by atoms with Gasteiger partial charge in [-0.2, -0.15) is 0 Å². The highest BCUT2D eigenvalue weighted by molar-refractivity contribution is 5.87. The van der Waals surface area contributed by atoms with Crippen LogP contribution in [0.3, 0.4) is 0 Å². The largest absolute Gasteiger partial charge is 0.481 e. The van der Waals surface area contributed by atoms with E-state index < -0.39 is 23.4 Å². The van der Waals surface area contributed by atoms with E-state index in [4.69, 9.17) is 4.74 Å². The summed E-state index contributed by atoms with van der Waals surface area (Å²) in [6, 6.07) is 5.27. The molecule has 8 nitrogen and oxygen atoms in total. The summed E-state index contributed by atoms with van der Waals surface area (Å²) in [4.78, 5) is 36.5. The summed E-state index contributed by atoms with van der Waals surface area (Å²) in [7, 11) is 0. The van der Waals surface area contributed by atoms with Crippen LogP contribution in [0.4, 0.5) is 19.0 Å². The van der Waals surface area contributed by atoms with Gasteiger partial charge in [0.25, 0.3) is 12.0 Å². The Kier molecular flexibility index (Phi) is 5.72. The van der Waals surface area contributed by atoms with E-state index in [0.717, 1.165) is 6.07 Å². The molecule has 1 aromatic carbocycles. The number of hydrogen-bond donors (Lipinski definition) is 2. The first-order chi connectivity index (χ1) is 15.2. The van der Waals surface area contributed by atoms with E-state index in [1.54, 1.807) is 11.8 Å². The van der Waals surface area contributed by atoms with Gasteiger partial charge >= 0.3 is 0 Å². The van der Waals surface area contributed by atoms with Crippen molar-refractivity contribution in [2.45, 2.75) is 32.9 Å². The number of anilines is 1. The number of aromatic nitrogens is 3. The molecule has 1 saturated heterocycles. The number of benzene rings is 1. The third kappa shape index (κ3) is 4.23. The van der Waals surface area contributed by atoms with Crippen molar-refractivity contribution < 1.29 is 22.7 Å². The molecule has 0 aliphatic carbocycles. The van der Waals surface area contributed by atoms with Crippen LogP contribution in [-0.4, -0.2) is 45.0 Å². The Morgan fingerprint density at radius 3 is 2.78 bits per heavy atom. The minimum Gasteiger partial charge on any atom is -0.481 e. The second-order valence-electron chi connectivity index (χ2n) is 7.48. The van der Waals surface area contributed by atoms with E-state index in [1.807, 2.05) is 0 Å². The lowest BCUT2D eigenvalue weighted by atomic mass is 10.1. The average Bonchev–Trinajstić information content (AvgIpc) is 2.69. The average molecular weight is 447 g/mol. The summed E-state index contributed by atoms with van der Waals surface area (Å²) in [5, 5.41) is 3.35. The number of carbonyl (C=O) groups excluding carboxylic acids is 1. The first kappa shape index (κ1) is 21.6. The summed E-state index contributed by atoms with van der Waals surface area (Å²) in [5.74, 6) is -0.387. The number of hydrogen-bond acceptors (Lipinski definition) is 6. The van der Waals surface area contributed by atoms with Crippen LogP contribution in [0.25, 0.3) is 11.0 Å². The van der Waals surface area contributed by atoms with Crippen LogP contribution in [0.15, 0.2) is 29.1 Å². The van der Waals surface area contributed by atoms with E-state index in [2.05, 4.69) is 20.3 Å². The van der Waals surface area contributed by atoms with Gasteiger partial charge in [0.1, 0.15) is 29.2 Å². The van der Waals surface area contributed by atoms with Crippen molar-refractivity contribution in [1.29, 1.82) is 0 Å². The molecular formula is C21H20F3N5O3. The number of carbonyl (C=O) groups is 1. The number of pyridine rings is 1. The first-order valence-electron chi connectivity index (χ1n) is 9.86. The normalized spacial score (nSPS) is 14.0. The zero-order chi connectivity index (χ0) is 23.0. The lowest BCUT2D eigenvalue weighted by molar-refractivity contribution is -0.137. The van der Waals surface area contributed by atoms with Crippen LogP contribution < -0.4 is 15.6 Å². The van der Waals surface area contributed by atoms with Gasteiger partial charge in [0, 0.05) is 25.1 Å². The molecule has 4 rings (SSSR count). The lowest BCUT2D eigenvalue weighted by Gasteiger charge is -2.38. The van der Waals surface area contributed by atoms with Crippen molar-refractivity contribution in [1.82, 2.24) is 19.9 Å². The number of nitrogens with one attached hydrogen (secondary N) is 2. The highest BCUT2D eigenvalue weighted by Crippen LogP contribution is 2.26. The zero-order valence-corrected chi connectivity index (χ0v) is 17.3. The molecular weight excluding hydrogens is 427 g/mol. The molecule has 1 amide bonds. The maximum atomic E-state index is 14.4. The molecule has 3 heterocycles. The second-order valence-corrected chi connectivity index (χ2v) is 7.48. The molecule has 3 aromatic rings. The Morgan fingerprint density at radius 2 is 2.09 bits per heavy atom. The van der Waals surface area contributed by atoms with Crippen LogP contribution >= 0.6 is 0 Å². The van der Waals surface area contributed by atoms with Crippen molar-refractivity contribution in [2.75, 3.05) is 18.4 Å². The van der Waals surface area contributed by atoms with Gasteiger partial charge in [0.05, 0.1) is 24.0 Å². The number of rotatable bonds is 6. The summed E-state index contributed by atoms with van der Waals surface area (Å²) < 4.78 is 46.0. The SMILES string of the molecule is CC(=O)N1CC(Oc2cc3c(NCc4cccc(C(F)F)c4F)nc(C)nc3[nH]c2=O)C1. The van der Waals surface area contributed by atoms with Gasteiger partial charge in [-0.05, 0) is 6.92 Å². The molecule has 32 heavy (non-hydrogen) atoms. The Balaban J connectivity index is 1.61. The monoisotopic (exact) mass is 447 g/mol. The van der Waals surface area contributed by atoms with Crippen LogP contribution in [0.1, 0.15) is 30.3 Å². The number of aromatic amines is 1. The van der Waals surface area contributed by atoms with Crippen molar-refractivity contribution in [3.63, 3.8) is 0 Å². The third-order valence-corrected chi connectivity index (χ3v) is 5.17. The first-order valence-corrected chi connectivity index (χ1v) is 9.86. The number of nitrogens with zero attached hydrogens (tertiary/aromatic N) is 3. The molecule has 2 N–H and O–H groups in total. The number of H-pyrrole nitrogens is 1. The minimum absolute atomic E-state index is 0.0343. The molecule has 0 atom stereocenters. The lowest BCUT2D eigenvalue weighted by Crippen LogP contribution is -2.55. The van der Waals surface area contributed by atoms with Crippen LogP contribution in [0, 0.1) is 12.7 Å². The highest BCUT2D eigenvalue weighted by Gasteiger charge is 2.31. The van der Waals surface area contributed by atoms with Crippen molar-refractivity contribution >= 4 is 22.8 Å². The highest BCUT2D eigenvalue weighted by atomic mass is 19.3. The van der Waals surface area contributed by atoms with Gasteiger partial charge in [-0.1, -0.05) is 18.2 Å². The summed E-state index contributed by atoms with van der Waals surface area (Å²) in [6.45, 7) is 3.72. The maximum Gasteiger partial charge on any atom is 0.291 e. The fourth-order valence-electron chi connectivity index (χ4n) is 3.43. The molecule has 0 saturated carbocycles. The zero-order valence-electron chi connectivity index (χ0n) is 17.3. The van der Waals surface area contributed by atoms with Gasteiger partial charge in [-0.25, -0.2) is 23.1 Å². The molecule has 1 aliphatic rings. The number of halogens is 3. The van der Waals surface area contributed by atoms with Gasteiger partial charge in [-0.15, -0.1) is 0 Å². The van der Waals surface area contributed by atoms with Crippen LogP contribution in [0.2, 0.25) is 0 Å². The van der Waals surface area contributed by atoms with E-state index >= 15 is 0 Å². The Labute approximate surface area is 180 Å². The fraction of sp³-hybridized carbons (Fsp3) is 0.333. The summed E-state index contributed by atoms with van der Waals surface area (Å²) in [5.41, 5.74) is -0.864. The Morgan fingerprint density at radius 1 is 1.34 bits per heavy atom. The number of aryl methyl sites for hydroxylation is 1. The van der Waals surface area contributed by atoms with Crippen molar-refractivity contribution in [3.05, 3.63) is 57.4 Å². The molecule has 0 spiro atoms. The Hall–Kier alpha value is -3.63. The summed E-state index contributed by atoms with van der Waals surface area (Å²) in [6.07, 6.45) is -3.24. The molecule has 11 heteroatoms. The molecule has 0 bridgehead atoms.